The van der Waals surface area contributed by atoms with Crippen LogP contribution in [-0.4, -0.2) is 17.9 Å². The molecular weight excluding hydrogens is 234 g/mol. The van der Waals surface area contributed by atoms with Crippen molar-refractivity contribution >= 4 is 5.84 Å². The van der Waals surface area contributed by atoms with Crippen molar-refractivity contribution in [1.29, 1.82) is 5.26 Å². The molecule has 1 atom stereocenters. The Morgan fingerprint density at radius 1 is 1.37 bits per heavy atom. The maximum absolute atomic E-state index is 9.34. The topological polar surface area (TPSA) is 48.2 Å². The van der Waals surface area contributed by atoms with E-state index in [-0.39, 0.29) is 10.8 Å². The Morgan fingerprint density at radius 3 is 2.47 bits per heavy atom. The Kier molecular flexibility index (Phi) is 4.31. The first-order valence-electron chi connectivity index (χ1n) is 6.78. The van der Waals surface area contributed by atoms with Gasteiger partial charge in [-0.1, -0.05) is 27.7 Å². The van der Waals surface area contributed by atoms with E-state index in [0.29, 0.717) is 0 Å². The lowest BCUT2D eigenvalue weighted by molar-refractivity contribution is 0.264. The fraction of sp³-hybridized carbons (Fsp3) is 0.750. The summed E-state index contributed by atoms with van der Waals surface area (Å²) >= 11 is 0. The van der Waals surface area contributed by atoms with E-state index in [9.17, 15) is 5.26 Å². The third-order valence-corrected chi connectivity index (χ3v) is 4.02. The predicted molar refractivity (Wildman–Crippen MR) is 79.7 cm³/mol. The molecule has 0 radical (unpaired) electrons. The molecule has 1 fully saturated rings. The molecule has 1 rings (SSSR count). The van der Waals surface area contributed by atoms with Gasteiger partial charge < -0.3 is 5.32 Å². The highest BCUT2D eigenvalue weighted by molar-refractivity contribution is 5.87. The summed E-state index contributed by atoms with van der Waals surface area (Å²) in [6.07, 6.45) is 1.67. The summed E-state index contributed by atoms with van der Waals surface area (Å²) in [5.41, 5.74) is -0.541. The molecule has 1 saturated heterocycles. The predicted octanol–water partition coefficient (Wildman–Crippen LogP) is 3.13. The maximum atomic E-state index is 9.34. The van der Waals surface area contributed by atoms with E-state index in [0.717, 1.165) is 25.2 Å². The van der Waals surface area contributed by atoms with Crippen LogP contribution in [0.2, 0.25) is 0 Å². The second-order valence-electron chi connectivity index (χ2n) is 6.95. The average molecular weight is 259 g/mol. The molecule has 104 valence electrons. The van der Waals surface area contributed by atoms with Gasteiger partial charge in [-0.15, -0.1) is 11.8 Å². The van der Waals surface area contributed by atoms with E-state index in [1.807, 2.05) is 13.8 Å². The van der Waals surface area contributed by atoms with E-state index in [2.05, 4.69) is 55.9 Å². The van der Waals surface area contributed by atoms with Crippen LogP contribution in [0.25, 0.3) is 0 Å². The molecule has 1 heterocycles. The Balaban J connectivity index is 2.76. The zero-order chi connectivity index (χ0) is 14.7. The Morgan fingerprint density at radius 2 is 2.00 bits per heavy atom. The van der Waals surface area contributed by atoms with E-state index >= 15 is 0 Å². The molecule has 1 aliphatic rings. The van der Waals surface area contributed by atoms with Crippen molar-refractivity contribution in [2.24, 2.45) is 15.8 Å². The molecule has 1 aliphatic heterocycles. The van der Waals surface area contributed by atoms with Crippen molar-refractivity contribution in [2.45, 2.75) is 59.9 Å². The van der Waals surface area contributed by atoms with Crippen LogP contribution in [-0.2, 0) is 0 Å². The van der Waals surface area contributed by atoms with E-state index in [1.165, 1.54) is 0 Å². The smallest absolute Gasteiger partial charge is 0.128 e. The lowest BCUT2D eigenvalue weighted by Gasteiger charge is -2.30. The first kappa shape index (κ1) is 15.6. The third-order valence-electron chi connectivity index (χ3n) is 4.02. The minimum Gasteiger partial charge on any atom is -0.356 e. The minimum atomic E-state index is -0.529. The molecule has 0 aromatic carbocycles. The number of nitrogens with zero attached hydrogens (tertiary/aromatic N) is 2. The molecule has 1 unspecified atom stereocenters. The molecule has 0 amide bonds. The Bertz CT molecular complexity index is 468. The van der Waals surface area contributed by atoms with Crippen LogP contribution in [0.15, 0.2) is 4.99 Å². The summed E-state index contributed by atoms with van der Waals surface area (Å²) in [5, 5.41) is 12.6. The van der Waals surface area contributed by atoms with E-state index < -0.39 is 5.54 Å². The summed E-state index contributed by atoms with van der Waals surface area (Å²) in [5.74, 6) is 7.00. The molecule has 0 aromatic rings. The zero-order valence-electron chi connectivity index (χ0n) is 13.0. The minimum absolute atomic E-state index is 0.0769. The van der Waals surface area contributed by atoms with Gasteiger partial charge in [0, 0.05) is 24.8 Å². The van der Waals surface area contributed by atoms with Gasteiger partial charge in [0.05, 0.1) is 11.9 Å². The number of nitriles is 1. The first-order valence-corrected chi connectivity index (χ1v) is 6.78. The normalized spacial score (nSPS) is 27.3. The van der Waals surface area contributed by atoms with Crippen molar-refractivity contribution < 1.29 is 0 Å². The molecule has 0 bridgehead atoms. The lowest BCUT2D eigenvalue weighted by atomic mass is 9.75. The van der Waals surface area contributed by atoms with Crippen molar-refractivity contribution in [3.05, 3.63) is 0 Å². The van der Waals surface area contributed by atoms with Gasteiger partial charge >= 0.3 is 0 Å². The number of rotatable bonds is 3. The number of nitrogens with one attached hydrogen (secondary N) is 1. The lowest BCUT2D eigenvalue weighted by Crippen LogP contribution is -2.45. The van der Waals surface area contributed by atoms with Crippen LogP contribution in [0.5, 0.6) is 0 Å². The van der Waals surface area contributed by atoms with Crippen LogP contribution < -0.4 is 5.32 Å². The highest BCUT2D eigenvalue weighted by Crippen LogP contribution is 2.39. The molecule has 1 N–H and O–H groups in total. The maximum Gasteiger partial charge on any atom is 0.128 e. The zero-order valence-corrected chi connectivity index (χ0v) is 13.0. The van der Waals surface area contributed by atoms with Gasteiger partial charge in [-0.05, 0) is 19.3 Å². The average Bonchev–Trinajstić information content (AvgIpc) is 2.56. The largest absolute Gasteiger partial charge is 0.356 e. The van der Waals surface area contributed by atoms with Crippen molar-refractivity contribution in [3.8, 4) is 17.9 Å². The molecule has 3 heteroatoms. The Hall–Kier alpha value is -1.48. The van der Waals surface area contributed by atoms with Crippen molar-refractivity contribution in [1.82, 2.24) is 5.32 Å². The van der Waals surface area contributed by atoms with Gasteiger partial charge in [-0.2, -0.15) is 5.26 Å². The summed E-state index contributed by atoms with van der Waals surface area (Å²) < 4.78 is 0. The summed E-state index contributed by atoms with van der Waals surface area (Å²) in [4.78, 5) is 4.67. The molecule has 0 spiro atoms. The van der Waals surface area contributed by atoms with Crippen LogP contribution in [0.1, 0.15) is 54.4 Å². The van der Waals surface area contributed by atoms with Gasteiger partial charge in [0.25, 0.3) is 0 Å². The third kappa shape index (κ3) is 3.51. The van der Waals surface area contributed by atoms with Crippen molar-refractivity contribution in [2.75, 3.05) is 6.54 Å². The number of amidine groups is 1. The fourth-order valence-electron chi connectivity index (χ4n) is 2.07. The summed E-state index contributed by atoms with van der Waals surface area (Å²) in [7, 11) is 0. The van der Waals surface area contributed by atoms with Gasteiger partial charge in [-0.25, -0.2) is 0 Å². The number of hydrogen-bond donors (Lipinski definition) is 1. The number of hydrogen-bond acceptors (Lipinski definition) is 2. The van der Waals surface area contributed by atoms with Crippen LogP contribution in [0.3, 0.4) is 0 Å². The second kappa shape index (κ2) is 5.25. The van der Waals surface area contributed by atoms with Crippen molar-refractivity contribution in [3.63, 3.8) is 0 Å². The highest BCUT2D eigenvalue weighted by atomic mass is 15.1. The Labute approximate surface area is 117 Å². The molecule has 3 nitrogen and oxygen atoms in total. The van der Waals surface area contributed by atoms with E-state index in [1.54, 1.807) is 0 Å². The van der Waals surface area contributed by atoms with Gasteiger partial charge in [-0.3, -0.25) is 4.99 Å². The molecule has 0 aromatic heterocycles. The fourth-order valence-corrected chi connectivity index (χ4v) is 2.07. The number of aliphatic imine (C=N–C) groups is 1. The van der Waals surface area contributed by atoms with Gasteiger partial charge in [0.2, 0.25) is 0 Å². The quantitative estimate of drug-likeness (QED) is 0.792. The second-order valence-corrected chi connectivity index (χ2v) is 6.95. The van der Waals surface area contributed by atoms with E-state index in [4.69, 9.17) is 0 Å². The SMILES string of the molecule is CC#CCC(C)(C)CN=C1CC(C)(C)C(C)(C#N)N1. The van der Waals surface area contributed by atoms with Crippen LogP contribution in [0, 0.1) is 34.0 Å². The molecule has 19 heavy (non-hydrogen) atoms. The molecule has 0 saturated carbocycles. The molecule has 0 aliphatic carbocycles. The monoisotopic (exact) mass is 259 g/mol. The standard InChI is InChI=1S/C16H25N3/c1-7-8-9-14(2,3)12-18-13-10-15(4,5)16(6,11-17)19-13/h9-10,12H2,1-6H3,(H,18,19). The van der Waals surface area contributed by atoms with Gasteiger partial charge in [0.15, 0.2) is 0 Å². The van der Waals surface area contributed by atoms with Gasteiger partial charge in [0.1, 0.15) is 5.54 Å². The highest BCUT2D eigenvalue weighted by Gasteiger charge is 2.48. The summed E-state index contributed by atoms with van der Waals surface area (Å²) in [6, 6.07) is 2.38. The molecular formula is C16H25N3. The first-order chi connectivity index (χ1) is 8.66. The van der Waals surface area contributed by atoms with Crippen LogP contribution >= 0.6 is 0 Å². The summed E-state index contributed by atoms with van der Waals surface area (Å²) in [6.45, 7) is 13.1. The van der Waals surface area contributed by atoms with Crippen LogP contribution in [0.4, 0.5) is 0 Å².